The van der Waals surface area contributed by atoms with E-state index in [1.54, 1.807) is 0 Å². The minimum atomic E-state index is -4.14. The normalized spacial score (nSPS) is 28.5. The smallest absolute Gasteiger partial charge is 0.389 e. The van der Waals surface area contributed by atoms with Gasteiger partial charge in [0, 0.05) is 12.5 Å². The maximum atomic E-state index is 11.8. The zero-order valence-electron chi connectivity index (χ0n) is 9.20. The van der Waals surface area contributed by atoms with Gasteiger partial charge in [0.25, 0.3) is 0 Å². The molecule has 1 aliphatic rings. The topological polar surface area (TPSA) is 66.4 Å². The lowest BCUT2D eigenvalue weighted by molar-refractivity contribution is -0.135. The van der Waals surface area contributed by atoms with E-state index >= 15 is 0 Å². The number of halogens is 3. The Hall–Kier alpha value is -0.340. The molecule has 0 radical (unpaired) electrons. The largest absolute Gasteiger partial charge is 0.390 e. The Labute approximate surface area is 98.1 Å². The summed E-state index contributed by atoms with van der Waals surface area (Å²) in [5.41, 5.74) is 0. The van der Waals surface area contributed by atoms with Crippen LogP contribution in [-0.4, -0.2) is 49.9 Å². The molecule has 0 aromatic rings. The molecular formula is C9H16F3NO3S. The van der Waals surface area contributed by atoms with E-state index in [1.807, 2.05) is 0 Å². The van der Waals surface area contributed by atoms with Gasteiger partial charge in [-0.2, -0.15) is 13.2 Å². The Morgan fingerprint density at radius 2 is 1.88 bits per heavy atom. The van der Waals surface area contributed by atoms with Crippen LogP contribution in [-0.2, 0) is 9.84 Å². The Morgan fingerprint density at radius 3 is 2.35 bits per heavy atom. The van der Waals surface area contributed by atoms with Gasteiger partial charge in [-0.15, -0.1) is 0 Å². The molecule has 4 nitrogen and oxygen atoms in total. The van der Waals surface area contributed by atoms with Gasteiger partial charge in [-0.3, -0.25) is 0 Å². The maximum Gasteiger partial charge on any atom is 0.389 e. The first-order chi connectivity index (χ1) is 7.70. The van der Waals surface area contributed by atoms with Gasteiger partial charge in [-0.1, -0.05) is 0 Å². The average Bonchev–Trinajstić information content (AvgIpc) is 2.37. The molecule has 8 heteroatoms. The van der Waals surface area contributed by atoms with Gasteiger partial charge < -0.3 is 10.4 Å². The van der Waals surface area contributed by atoms with Gasteiger partial charge in [-0.25, -0.2) is 8.42 Å². The summed E-state index contributed by atoms with van der Waals surface area (Å²) in [6.45, 7) is 0.285. The standard InChI is InChI=1S/C9H16F3NO3S/c10-9(11,12)3-1-2-4-13-7-5-17(15,16)6-8(7)14/h7-8,13-14H,1-6H2. The maximum absolute atomic E-state index is 11.8. The fourth-order valence-electron chi connectivity index (χ4n) is 1.76. The van der Waals surface area contributed by atoms with Crippen LogP contribution in [0.5, 0.6) is 0 Å². The van der Waals surface area contributed by atoms with Crippen LogP contribution < -0.4 is 5.32 Å². The van der Waals surface area contributed by atoms with Crippen LogP contribution >= 0.6 is 0 Å². The zero-order chi connectivity index (χ0) is 13.1. The highest BCUT2D eigenvalue weighted by Crippen LogP contribution is 2.22. The van der Waals surface area contributed by atoms with Crippen LogP contribution in [0.1, 0.15) is 19.3 Å². The first kappa shape index (κ1) is 14.7. The Balaban J connectivity index is 2.16. The molecule has 1 fully saturated rings. The molecule has 17 heavy (non-hydrogen) atoms. The minimum Gasteiger partial charge on any atom is -0.390 e. The molecule has 0 aromatic heterocycles. The first-order valence-electron chi connectivity index (χ1n) is 5.38. The fraction of sp³-hybridized carbons (Fsp3) is 1.00. The number of hydrogen-bond acceptors (Lipinski definition) is 4. The van der Waals surface area contributed by atoms with Crippen molar-refractivity contribution in [1.82, 2.24) is 5.32 Å². The van der Waals surface area contributed by atoms with E-state index in [4.69, 9.17) is 0 Å². The second-order valence-electron chi connectivity index (χ2n) is 4.28. The van der Waals surface area contributed by atoms with Crippen LogP contribution in [0.4, 0.5) is 13.2 Å². The van der Waals surface area contributed by atoms with Crippen molar-refractivity contribution in [2.24, 2.45) is 0 Å². The van der Waals surface area contributed by atoms with Gasteiger partial charge in [0.2, 0.25) is 0 Å². The second kappa shape index (κ2) is 5.53. The van der Waals surface area contributed by atoms with Crippen LogP contribution in [0.3, 0.4) is 0 Å². The number of rotatable bonds is 5. The molecule has 1 heterocycles. The third kappa shape index (κ3) is 5.69. The number of sulfone groups is 1. The number of unbranched alkanes of at least 4 members (excludes halogenated alkanes) is 1. The lowest BCUT2D eigenvalue weighted by Crippen LogP contribution is -2.39. The van der Waals surface area contributed by atoms with E-state index in [1.165, 1.54) is 0 Å². The molecule has 1 saturated heterocycles. The third-order valence-corrected chi connectivity index (χ3v) is 4.33. The van der Waals surface area contributed by atoms with E-state index in [9.17, 15) is 26.7 Å². The van der Waals surface area contributed by atoms with Crippen LogP contribution in [0.15, 0.2) is 0 Å². The molecule has 102 valence electrons. The number of aliphatic hydroxyl groups is 1. The van der Waals surface area contributed by atoms with Crippen molar-refractivity contribution in [3.63, 3.8) is 0 Å². The van der Waals surface area contributed by atoms with Crippen molar-refractivity contribution in [3.05, 3.63) is 0 Å². The van der Waals surface area contributed by atoms with Crippen molar-refractivity contribution < 1.29 is 26.7 Å². The van der Waals surface area contributed by atoms with Crippen LogP contribution in [0, 0.1) is 0 Å². The summed E-state index contributed by atoms with van der Waals surface area (Å²) in [5.74, 6) is -0.416. The number of alkyl halides is 3. The third-order valence-electron chi connectivity index (χ3n) is 2.62. The van der Waals surface area contributed by atoms with Crippen molar-refractivity contribution in [1.29, 1.82) is 0 Å². The summed E-state index contributed by atoms with van der Waals surface area (Å²) >= 11 is 0. The number of aliphatic hydroxyl groups excluding tert-OH is 1. The highest BCUT2D eigenvalue weighted by atomic mass is 32.2. The van der Waals surface area contributed by atoms with Crippen molar-refractivity contribution in [2.45, 2.75) is 37.6 Å². The molecule has 0 aliphatic carbocycles. The summed E-state index contributed by atoms with van der Waals surface area (Å²) in [6, 6.07) is -0.550. The van der Waals surface area contributed by atoms with E-state index in [2.05, 4.69) is 5.32 Å². The summed E-state index contributed by atoms with van der Waals surface area (Å²) in [4.78, 5) is 0. The molecule has 2 unspecified atom stereocenters. The van der Waals surface area contributed by atoms with E-state index in [0.717, 1.165) is 0 Å². The summed E-state index contributed by atoms with van der Waals surface area (Å²) < 4.78 is 57.7. The molecule has 0 bridgehead atoms. The molecule has 0 saturated carbocycles. The monoisotopic (exact) mass is 275 g/mol. The quantitative estimate of drug-likeness (QED) is 0.716. The van der Waals surface area contributed by atoms with Crippen molar-refractivity contribution in [2.75, 3.05) is 18.1 Å². The highest BCUT2D eigenvalue weighted by Gasteiger charge is 2.35. The molecule has 1 aliphatic heterocycles. The lowest BCUT2D eigenvalue weighted by atomic mass is 10.2. The number of nitrogens with one attached hydrogen (secondary N) is 1. The summed E-state index contributed by atoms with van der Waals surface area (Å²) in [6.07, 6.45) is -5.62. The molecule has 1 rings (SSSR count). The zero-order valence-corrected chi connectivity index (χ0v) is 10.0. The second-order valence-corrected chi connectivity index (χ2v) is 6.43. The van der Waals surface area contributed by atoms with Gasteiger partial charge in [0.15, 0.2) is 9.84 Å². The first-order valence-corrected chi connectivity index (χ1v) is 7.20. The fourth-order valence-corrected chi connectivity index (χ4v) is 3.54. The highest BCUT2D eigenvalue weighted by molar-refractivity contribution is 7.91. The van der Waals surface area contributed by atoms with E-state index in [-0.39, 0.29) is 24.5 Å². The predicted molar refractivity (Wildman–Crippen MR) is 56.4 cm³/mol. The van der Waals surface area contributed by atoms with Gasteiger partial charge in [-0.05, 0) is 19.4 Å². The number of hydrogen-bond donors (Lipinski definition) is 2. The molecule has 2 atom stereocenters. The van der Waals surface area contributed by atoms with E-state index in [0.29, 0.717) is 6.42 Å². The van der Waals surface area contributed by atoms with Gasteiger partial charge in [0.1, 0.15) is 0 Å². The molecule has 0 aromatic carbocycles. The Morgan fingerprint density at radius 1 is 1.24 bits per heavy atom. The van der Waals surface area contributed by atoms with Crippen LogP contribution in [0.25, 0.3) is 0 Å². The minimum absolute atomic E-state index is 0.00602. The van der Waals surface area contributed by atoms with Gasteiger partial charge in [0.05, 0.1) is 17.6 Å². The summed E-state index contributed by atoms with van der Waals surface area (Å²) in [5, 5.41) is 12.2. The average molecular weight is 275 g/mol. The summed E-state index contributed by atoms with van der Waals surface area (Å²) in [7, 11) is -3.20. The van der Waals surface area contributed by atoms with Gasteiger partial charge >= 0.3 is 6.18 Å². The molecule has 0 spiro atoms. The van der Waals surface area contributed by atoms with Crippen LogP contribution in [0.2, 0.25) is 0 Å². The molecule has 2 N–H and O–H groups in total. The Bertz CT molecular complexity index is 342. The van der Waals surface area contributed by atoms with Crippen molar-refractivity contribution >= 4 is 9.84 Å². The lowest BCUT2D eigenvalue weighted by Gasteiger charge is -2.14. The van der Waals surface area contributed by atoms with E-state index < -0.39 is 34.6 Å². The SMILES string of the molecule is O=S1(=O)CC(O)C(NCCCCC(F)(F)F)C1. The Kier molecular flexibility index (Phi) is 4.79. The predicted octanol–water partition coefficient (Wildman–Crippen LogP) is 0.466. The molecule has 0 amide bonds. The van der Waals surface area contributed by atoms with Crippen molar-refractivity contribution in [3.8, 4) is 0 Å². The molecular weight excluding hydrogens is 259 g/mol.